The number of nitrogens with zero attached hydrogens (tertiary/aromatic N) is 2. The Kier molecular flexibility index (Phi) is 10.2. The molecular weight excluding hydrogens is 561 g/mol. The number of hydrogen-bond donors (Lipinski definition) is 2. The maximum atomic E-state index is 13.2. The molecule has 1 fully saturated rings. The number of piperidine rings is 1. The number of carbonyl (C=O) groups is 2. The molecule has 1 aliphatic rings. The number of aryl methyl sites for hydroxylation is 1. The summed E-state index contributed by atoms with van der Waals surface area (Å²) in [5.74, 6) is -0.518. The fraction of sp³-hybridized carbons (Fsp3) is 0.457. The number of anilines is 1. The van der Waals surface area contributed by atoms with Crippen LogP contribution in [0, 0.1) is 18.2 Å². The highest BCUT2D eigenvalue weighted by Gasteiger charge is 2.31. The summed E-state index contributed by atoms with van der Waals surface area (Å²) < 4.78 is 24.7. The lowest BCUT2D eigenvalue weighted by Crippen LogP contribution is -2.39. The van der Waals surface area contributed by atoms with E-state index in [2.05, 4.69) is 24.1 Å². The van der Waals surface area contributed by atoms with Gasteiger partial charge in [-0.3, -0.25) is 9.78 Å². The van der Waals surface area contributed by atoms with Crippen LogP contribution in [0.1, 0.15) is 70.0 Å². The molecule has 2 N–H and O–H groups in total. The van der Waals surface area contributed by atoms with Crippen molar-refractivity contribution in [3.8, 4) is 16.9 Å². The highest BCUT2D eigenvalue weighted by molar-refractivity contribution is 5.87. The van der Waals surface area contributed by atoms with Crippen LogP contribution in [0.4, 0.5) is 14.9 Å². The number of aromatic nitrogens is 1. The summed E-state index contributed by atoms with van der Waals surface area (Å²) in [5, 5.41) is 12.7. The van der Waals surface area contributed by atoms with E-state index in [1.807, 2.05) is 31.2 Å². The minimum Gasteiger partial charge on any atom is -0.493 e. The second-order valence-corrected chi connectivity index (χ2v) is 13.2. The van der Waals surface area contributed by atoms with Crippen LogP contribution in [0.25, 0.3) is 11.1 Å². The Bertz CT molecular complexity index is 1450. The lowest BCUT2D eigenvalue weighted by molar-refractivity contribution is -0.136. The molecule has 0 saturated carbocycles. The van der Waals surface area contributed by atoms with E-state index in [1.165, 1.54) is 12.1 Å². The van der Waals surface area contributed by atoms with Crippen molar-refractivity contribution in [1.29, 1.82) is 0 Å². The zero-order valence-electron chi connectivity index (χ0n) is 26.6. The Morgan fingerprint density at radius 3 is 2.27 bits per heavy atom. The summed E-state index contributed by atoms with van der Waals surface area (Å²) >= 11 is 0. The van der Waals surface area contributed by atoms with Crippen molar-refractivity contribution in [1.82, 2.24) is 10.3 Å². The third kappa shape index (κ3) is 8.94. The molecule has 1 aromatic heterocycles. The number of aliphatic carboxylic acids is 1. The van der Waals surface area contributed by atoms with E-state index in [9.17, 15) is 19.1 Å². The van der Waals surface area contributed by atoms with Gasteiger partial charge < -0.3 is 24.8 Å². The maximum Gasteiger partial charge on any atom is 0.407 e. The number of rotatable bonds is 10. The number of ether oxygens (including phenoxy) is 2. The van der Waals surface area contributed by atoms with Crippen molar-refractivity contribution in [3.63, 3.8) is 0 Å². The number of alkyl carbamates (subject to hydrolysis) is 1. The molecule has 4 rings (SSSR count). The number of pyridine rings is 1. The van der Waals surface area contributed by atoms with Crippen LogP contribution in [0.3, 0.4) is 0 Å². The number of carboxylic acid groups (broad SMARTS) is 1. The summed E-state index contributed by atoms with van der Waals surface area (Å²) in [4.78, 5) is 31.8. The van der Waals surface area contributed by atoms with E-state index in [-0.39, 0.29) is 24.2 Å². The van der Waals surface area contributed by atoms with Gasteiger partial charge in [0.25, 0.3) is 0 Å². The highest BCUT2D eigenvalue weighted by atomic mass is 19.1. The number of benzene rings is 2. The van der Waals surface area contributed by atoms with Crippen LogP contribution < -0.4 is 15.0 Å². The Labute approximate surface area is 259 Å². The predicted octanol–water partition coefficient (Wildman–Crippen LogP) is 7.10. The van der Waals surface area contributed by atoms with Gasteiger partial charge in [0.15, 0.2) is 0 Å². The monoisotopic (exact) mass is 605 g/mol. The number of carboxylic acids is 1. The van der Waals surface area contributed by atoms with Crippen molar-refractivity contribution < 1.29 is 28.6 Å². The topological polar surface area (TPSA) is 101 Å². The zero-order chi connectivity index (χ0) is 32.1. The quantitative estimate of drug-likeness (QED) is 0.254. The number of amides is 1. The van der Waals surface area contributed by atoms with Crippen molar-refractivity contribution in [2.75, 3.05) is 24.6 Å². The standard InChI is InChI=1S/C35H44FN3O5/c1-23-28(21-30(40)41)32(39-18-16-35(5,6)17-19-39)31(29(38-23)22-37-33(42)44-34(2,3)4)25-9-13-27(14-10-25)43-20-15-24-7-11-26(36)12-8-24/h7-14H,15-22H2,1-6H3,(H,37,42)(H,40,41). The Morgan fingerprint density at radius 1 is 1.05 bits per heavy atom. The molecule has 0 aliphatic carbocycles. The van der Waals surface area contributed by atoms with E-state index < -0.39 is 17.7 Å². The number of carbonyl (C=O) groups excluding carboxylic acids is 1. The second-order valence-electron chi connectivity index (χ2n) is 13.2. The van der Waals surface area contributed by atoms with Crippen molar-refractivity contribution in [2.45, 2.75) is 79.4 Å². The van der Waals surface area contributed by atoms with Crippen LogP contribution in [-0.2, 0) is 28.9 Å². The van der Waals surface area contributed by atoms with Crippen LogP contribution in [0.5, 0.6) is 5.75 Å². The molecular formula is C35H44FN3O5. The molecule has 0 unspecified atom stereocenters. The second kappa shape index (κ2) is 13.7. The SMILES string of the molecule is Cc1nc(CNC(=O)OC(C)(C)C)c(-c2ccc(OCCc3ccc(F)cc3)cc2)c(N2CCC(C)(C)CC2)c1CC(=O)O. The average Bonchev–Trinajstić information content (AvgIpc) is 2.93. The normalized spacial score (nSPS) is 14.7. The van der Waals surface area contributed by atoms with E-state index in [4.69, 9.17) is 14.5 Å². The van der Waals surface area contributed by atoms with Crippen LogP contribution in [0.2, 0.25) is 0 Å². The van der Waals surface area contributed by atoms with E-state index in [0.29, 0.717) is 35.7 Å². The van der Waals surface area contributed by atoms with Crippen molar-refractivity contribution in [2.24, 2.45) is 5.41 Å². The number of nitrogens with one attached hydrogen (secondary N) is 1. The first-order valence-electron chi connectivity index (χ1n) is 15.1. The van der Waals surface area contributed by atoms with E-state index in [1.54, 1.807) is 32.9 Å². The van der Waals surface area contributed by atoms with Gasteiger partial charge in [0.05, 0.1) is 31.0 Å². The average molecular weight is 606 g/mol. The van der Waals surface area contributed by atoms with Crippen LogP contribution in [0.15, 0.2) is 48.5 Å². The minimum absolute atomic E-state index is 0.112. The molecule has 0 spiro atoms. The van der Waals surface area contributed by atoms with Crippen molar-refractivity contribution >= 4 is 17.7 Å². The summed E-state index contributed by atoms with van der Waals surface area (Å²) in [6, 6.07) is 14.0. The number of halogens is 1. The molecule has 1 amide bonds. The lowest BCUT2D eigenvalue weighted by Gasteiger charge is -2.40. The molecule has 44 heavy (non-hydrogen) atoms. The summed E-state index contributed by atoms with van der Waals surface area (Å²) in [5.41, 5.74) is 4.94. The smallest absolute Gasteiger partial charge is 0.407 e. The molecule has 2 aromatic carbocycles. The predicted molar refractivity (Wildman–Crippen MR) is 170 cm³/mol. The van der Waals surface area contributed by atoms with Gasteiger partial charge in [0, 0.05) is 36.3 Å². The Balaban J connectivity index is 1.70. The third-order valence-corrected chi connectivity index (χ3v) is 7.83. The fourth-order valence-electron chi connectivity index (χ4n) is 5.39. The highest BCUT2D eigenvalue weighted by Crippen LogP contribution is 2.42. The Hall–Kier alpha value is -4.14. The van der Waals surface area contributed by atoms with E-state index >= 15 is 0 Å². The fourth-order valence-corrected chi connectivity index (χ4v) is 5.39. The third-order valence-electron chi connectivity index (χ3n) is 7.83. The first-order chi connectivity index (χ1) is 20.7. The molecule has 236 valence electrons. The summed E-state index contributed by atoms with van der Waals surface area (Å²) in [6.45, 7) is 13.9. The zero-order valence-corrected chi connectivity index (χ0v) is 26.6. The van der Waals surface area contributed by atoms with Gasteiger partial charge in [0.1, 0.15) is 17.2 Å². The molecule has 1 aliphatic heterocycles. The first kappa shape index (κ1) is 32.8. The number of hydrogen-bond acceptors (Lipinski definition) is 6. The van der Waals surface area contributed by atoms with Crippen molar-refractivity contribution in [3.05, 3.63) is 76.9 Å². The molecule has 0 radical (unpaired) electrons. The molecule has 3 aromatic rings. The molecule has 8 nitrogen and oxygen atoms in total. The summed E-state index contributed by atoms with van der Waals surface area (Å²) in [6.07, 6.45) is 1.85. The Morgan fingerprint density at radius 2 is 1.68 bits per heavy atom. The minimum atomic E-state index is -0.927. The maximum absolute atomic E-state index is 13.2. The van der Waals surface area contributed by atoms with Gasteiger partial charge >= 0.3 is 12.1 Å². The molecule has 1 saturated heterocycles. The molecule has 0 bridgehead atoms. The van der Waals surface area contributed by atoms with Crippen LogP contribution >= 0.6 is 0 Å². The van der Waals surface area contributed by atoms with E-state index in [0.717, 1.165) is 48.3 Å². The van der Waals surface area contributed by atoms with Gasteiger partial charge in [-0.05, 0) is 81.3 Å². The molecule has 0 atom stereocenters. The molecule has 2 heterocycles. The van der Waals surface area contributed by atoms with Crippen LogP contribution in [-0.4, -0.2) is 47.5 Å². The largest absolute Gasteiger partial charge is 0.493 e. The van der Waals surface area contributed by atoms with Gasteiger partial charge in [0.2, 0.25) is 0 Å². The van der Waals surface area contributed by atoms with Gasteiger partial charge in [-0.1, -0.05) is 38.1 Å². The molecule has 9 heteroatoms. The van der Waals surface area contributed by atoms with Gasteiger partial charge in [-0.25, -0.2) is 9.18 Å². The first-order valence-corrected chi connectivity index (χ1v) is 15.1. The lowest BCUT2D eigenvalue weighted by atomic mass is 9.82. The van der Waals surface area contributed by atoms with Gasteiger partial charge in [-0.2, -0.15) is 0 Å². The summed E-state index contributed by atoms with van der Waals surface area (Å²) in [7, 11) is 0. The van der Waals surface area contributed by atoms with Gasteiger partial charge in [-0.15, -0.1) is 0 Å².